The number of anilines is 1. The molecule has 0 fully saturated rings. The van der Waals surface area contributed by atoms with Crippen LogP contribution < -0.4 is 10.9 Å². The van der Waals surface area contributed by atoms with Gasteiger partial charge in [-0.25, -0.2) is 9.97 Å². The number of nitrogens with zero attached hydrogens (tertiary/aromatic N) is 3. The van der Waals surface area contributed by atoms with E-state index in [1.807, 2.05) is 0 Å². The fourth-order valence-electron chi connectivity index (χ4n) is 1.48. The second kappa shape index (κ2) is 5.70. The molecule has 2 heterocycles. The molecule has 0 amide bonds. The normalized spacial score (nSPS) is 10.3. The summed E-state index contributed by atoms with van der Waals surface area (Å²) in [5.41, 5.74) is 0.0780. The Morgan fingerprint density at radius 1 is 1.40 bits per heavy atom. The van der Waals surface area contributed by atoms with Crippen molar-refractivity contribution in [2.24, 2.45) is 0 Å². The number of hydrogen-bond acceptors (Lipinski definition) is 7. The lowest BCUT2D eigenvalue weighted by Crippen LogP contribution is -2.08. The predicted molar refractivity (Wildman–Crippen MR) is 74.2 cm³/mol. The van der Waals surface area contributed by atoms with Crippen molar-refractivity contribution in [1.82, 2.24) is 15.0 Å². The first kappa shape index (κ1) is 14.0. The van der Waals surface area contributed by atoms with Crippen LogP contribution in [0.25, 0.3) is 0 Å². The average Bonchev–Trinajstić information content (AvgIpc) is 2.37. The lowest BCUT2D eigenvalue weighted by Gasteiger charge is -2.04. The summed E-state index contributed by atoms with van der Waals surface area (Å²) in [5.74, 6) is 0.494. The monoisotopic (exact) mass is 293 g/mol. The summed E-state index contributed by atoms with van der Waals surface area (Å²) in [5, 5.41) is 14.2. The van der Waals surface area contributed by atoms with Gasteiger partial charge in [0.1, 0.15) is 5.82 Å². The van der Waals surface area contributed by atoms with Crippen molar-refractivity contribution in [2.45, 2.75) is 17.1 Å². The molecule has 0 bridgehead atoms. The van der Waals surface area contributed by atoms with Crippen LogP contribution in [0.15, 0.2) is 33.2 Å². The highest BCUT2D eigenvalue weighted by Crippen LogP contribution is 2.31. The molecule has 9 heteroatoms. The fourth-order valence-corrected chi connectivity index (χ4v) is 2.39. The maximum atomic E-state index is 11.4. The van der Waals surface area contributed by atoms with E-state index in [2.05, 4.69) is 20.3 Å². The molecule has 0 saturated carbocycles. The van der Waals surface area contributed by atoms with E-state index in [9.17, 15) is 14.9 Å². The Kier molecular flexibility index (Phi) is 3.99. The van der Waals surface area contributed by atoms with Crippen molar-refractivity contribution >= 4 is 23.3 Å². The number of pyridine rings is 1. The molecule has 0 radical (unpaired) electrons. The van der Waals surface area contributed by atoms with Crippen molar-refractivity contribution in [3.8, 4) is 0 Å². The van der Waals surface area contributed by atoms with E-state index in [4.69, 9.17) is 0 Å². The van der Waals surface area contributed by atoms with Crippen LogP contribution in [0.4, 0.5) is 11.5 Å². The van der Waals surface area contributed by atoms with Gasteiger partial charge in [0, 0.05) is 24.9 Å². The van der Waals surface area contributed by atoms with Crippen LogP contribution in [0.5, 0.6) is 0 Å². The molecule has 20 heavy (non-hydrogen) atoms. The van der Waals surface area contributed by atoms with E-state index in [1.165, 1.54) is 18.2 Å². The molecule has 0 spiro atoms. The smallest absolute Gasteiger partial charge is 0.301 e. The third-order valence-corrected chi connectivity index (χ3v) is 3.21. The van der Waals surface area contributed by atoms with Crippen LogP contribution in [0.2, 0.25) is 0 Å². The number of H-pyrrole nitrogens is 1. The lowest BCUT2D eigenvalue weighted by atomic mass is 10.4. The van der Waals surface area contributed by atoms with Crippen molar-refractivity contribution in [2.75, 3.05) is 12.4 Å². The van der Waals surface area contributed by atoms with Crippen LogP contribution in [0.3, 0.4) is 0 Å². The molecule has 0 aromatic carbocycles. The van der Waals surface area contributed by atoms with Gasteiger partial charge in [-0.3, -0.25) is 14.9 Å². The molecule has 0 saturated heterocycles. The molecule has 2 rings (SSSR count). The van der Waals surface area contributed by atoms with Gasteiger partial charge in [0.25, 0.3) is 5.56 Å². The number of hydrogen-bond donors (Lipinski definition) is 2. The van der Waals surface area contributed by atoms with E-state index in [-0.39, 0.29) is 21.4 Å². The number of nitrogens with one attached hydrogen (secondary N) is 2. The van der Waals surface area contributed by atoms with Gasteiger partial charge in [-0.15, -0.1) is 0 Å². The minimum Gasteiger partial charge on any atom is -0.373 e. The molecule has 104 valence electrons. The Hall–Kier alpha value is -2.42. The summed E-state index contributed by atoms with van der Waals surface area (Å²) in [6.45, 7) is 1.67. The van der Waals surface area contributed by atoms with Gasteiger partial charge in [0.15, 0.2) is 10.2 Å². The first-order chi connectivity index (χ1) is 9.49. The van der Waals surface area contributed by atoms with Crippen LogP contribution in [-0.2, 0) is 0 Å². The molecular formula is C11H11N5O3S. The number of aryl methyl sites for hydroxylation is 1. The van der Waals surface area contributed by atoms with E-state index in [0.29, 0.717) is 11.5 Å². The fraction of sp³-hybridized carbons (Fsp3) is 0.182. The van der Waals surface area contributed by atoms with Gasteiger partial charge in [-0.1, -0.05) is 0 Å². The van der Waals surface area contributed by atoms with Crippen LogP contribution in [0, 0.1) is 17.0 Å². The third kappa shape index (κ3) is 3.12. The molecule has 0 aliphatic heterocycles. The highest BCUT2D eigenvalue weighted by Gasteiger charge is 2.18. The second-order valence-corrected chi connectivity index (χ2v) is 4.80. The summed E-state index contributed by atoms with van der Waals surface area (Å²) in [7, 11) is 1.66. The molecule has 0 unspecified atom stereocenters. The van der Waals surface area contributed by atoms with Crippen LogP contribution >= 0.6 is 11.8 Å². The van der Waals surface area contributed by atoms with E-state index in [1.54, 1.807) is 14.0 Å². The highest BCUT2D eigenvalue weighted by atomic mass is 32.2. The zero-order valence-electron chi connectivity index (χ0n) is 10.7. The summed E-state index contributed by atoms with van der Waals surface area (Å²) in [6.07, 6.45) is 0. The van der Waals surface area contributed by atoms with E-state index in [0.717, 1.165) is 11.8 Å². The standard InChI is InChI=1S/C11H11N5O3S/c1-6-5-9(17)15-11(13-6)20-10-7(16(18)19)3-4-8(12-2)14-10/h3-5H,1-2H3,(H,12,14)(H,13,15,17). The van der Waals surface area contributed by atoms with Crippen molar-refractivity contribution in [3.63, 3.8) is 0 Å². The minimum atomic E-state index is -0.525. The maximum absolute atomic E-state index is 11.4. The molecule has 0 aliphatic rings. The maximum Gasteiger partial charge on any atom is 0.301 e. The van der Waals surface area contributed by atoms with Gasteiger partial charge >= 0.3 is 5.69 Å². The quantitative estimate of drug-likeness (QED) is 0.499. The molecule has 0 aliphatic carbocycles. The minimum absolute atomic E-state index is 0.141. The van der Waals surface area contributed by atoms with Crippen LogP contribution in [-0.4, -0.2) is 26.9 Å². The van der Waals surface area contributed by atoms with Gasteiger partial charge in [0.05, 0.1) is 4.92 Å². The van der Waals surface area contributed by atoms with Gasteiger partial charge in [0.2, 0.25) is 0 Å². The Morgan fingerprint density at radius 2 is 2.15 bits per heavy atom. The van der Waals surface area contributed by atoms with Crippen molar-refractivity contribution in [3.05, 3.63) is 44.4 Å². The summed E-state index contributed by atoms with van der Waals surface area (Å²) in [6, 6.07) is 4.21. The Balaban J connectivity index is 2.45. The molecule has 8 nitrogen and oxygen atoms in total. The number of nitro groups is 1. The third-order valence-electron chi connectivity index (χ3n) is 2.33. The first-order valence-corrected chi connectivity index (χ1v) is 6.40. The zero-order chi connectivity index (χ0) is 14.7. The molecule has 2 N–H and O–H groups in total. The predicted octanol–water partition coefficient (Wildman–Crippen LogP) is 1.57. The highest BCUT2D eigenvalue weighted by molar-refractivity contribution is 7.99. The second-order valence-electron chi connectivity index (χ2n) is 3.82. The topological polar surface area (TPSA) is 114 Å². The van der Waals surface area contributed by atoms with E-state index < -0.39 is 4.92 Å². The van der Waals surface area contributed by atoms with Crippen molar-refractivity contribution < 1.29 is 4.92 Å². The summed E-state index contributed by atoms with van der Waals surface area (Å²) >= 11 is 0.941. The Morgan fingerprint density at radius 3 is 2.75 bits per heavy atom. The molecular weight excluding hydrogens is 282 g/mol. The number of aromatic nitrogens is 3. The molecule has 0 atom stereocenters. The summed E-state index contributed by atoms with van der Waals surface area (Å²) in [4.78, 5) is 32.6. The Labute approximate surface area is 117 Å². The number of aromatic amines is 1. The van der Waals surface area contributed by atoms with Gasteiger partial charge < -0.3 is 10.3 Å². The largest absolute Gasteiger partial charge is 0.373 e. The van der Waals surface area contributed by atoms with Crippen molar-refractivity contribution in [1.29, 1.82) is 0 Å². The summed E-state index contributed by atoms with van der Waals surface area (Å²) < 4.78 is 0. The lowest BCUT2D eigenvalue weighted by molar-refractivity contribution is -0.388. The zero-order valence-corrected chi connectivity index (χ0v) is 11.5. The SMILES string of the molecule is CNc1ccc([N+](=O)[O-])c(Sc2nc(C)cc(=O)[nH]2)n1. The van der Waals surface area contributed by atoms with Crippen LogP contribution in [0.1, 0.15) is 5.69 Å². The van der Waals surface area contributed by atoms with Gasteiger partial charge in [-0.05, 0) is 24.8 Å². The number of rotatable bonds is 4. The van der Waals surface area contributed by atoms with E-state index >= 15 is 0 Å². The molecule has 2 aromatic heterocycles. The van der Waals surface area contributed by atoms with Gasteiger partial charge in [-0.2, -0.15) is 0 Å². The average molecular weight is 293 g/mol. The first-order valence-electron chi connectivity index (χ1n) is 5.58. The Bertz CT molecular complexity index is 715. The molecule has 2 aromatic rings.